The quantitative estimate of drug-likeness (QED) is 0.796. The lowest BCUT2D eigenvalue weighted by Crippen LogP contribution is -2.32. The number of fused-ring (bicyclic) bond motifs is 1. The van der Waals surface area contributed by atoms with Gasteiger partial charge in [0.2, 0.25) is 5.43 Å². The Labute approximate surface area is 132 Å². The summed E-state index contributed by atoms with van der Waals surface area (Å²) in [6.07, 6.45) is 1.65. The number of pyridine rings is 1. The molecule has 0 radical (unpaired) electrons. The number of carbonyl (C=O) groups is 1. The van der Waals surface area contributed by atoms with Gasteiger partial charge >= 0.3 is 0 Å². The number of aryl methyl sites for hydroxylation is 1. The van der Waals surface area contributed by atoms with Crippen LogP contribution in [0.2, 0.25) is 0 Å². The number of nitrogens with one attached hydrogen (secondary N) is 1. The number of hydrogen-bond acceptors (Lipinski definition) is 4. The Bertz CT molecular complexity index is 903. The molecule has 0 bridgehead atoms. The molecule has 0 unspecified atom stereocenters. The van der Waals surface area contributed by atoms with Gasteiger partial charge in [0.05, 0.1) is 17.8 Å². The van der Waals surface area contributed by atoms with Crippen molar-refractivity contribution in [1.82, 2.24) is 20.1 Å². The van der Waals surface area contributed by atoms with Gasteiger partial charge in [0.15, 0.2) is 5.69 Å². The number of nitrogens with zero attached hydrogens (tertiary/aromatic N) is 3. The van der Waals surface area contributed by atoms with E-state index in [1.165, 1.54) is 0 Å². The van der Waals surface area contributed by atoms with E-state index in [4.69, 9.17) is 0 Å². The van der Waals surface area contributed by atoms with Gasteiger partial charge in [-0.2, -0.15) is 5.10 Å². The van der Waals surface area contributed by atoms with Crippen molar-refractivity contribution < 1.29 is 4.79 Å². The topological polar surface area (TPSA) is 76.9 Å². The molecule has 116 valence electrons. The van der Waals surface area contributed by atoms with Crippen molar-refractivity contribution in [2.75, 3.05) is 0 Å². The van der Waals surface area contributed by atoms with E-state index in [1.807, 2.05) is 25.1 Å². The monoisotopic (exact) mass is 308 g/mol. The summed E-state index contributed by atoms with van der Waals surface area (Å²) in [5.41, 5.74) is 0.990. The van der Waals surface area contributed by atoms with Crippen LogP contribution in [0.5, 0.6) is 0 Å². The highest BCUT2D eigenvalue weighted by Gasteiger charge is 2.16. The van der Waals surface area contributed by atoms with E-state index in [-0.39, 0.29) is 17.7 Å². The molecule has 1 amide bonds. The third-order valence-corrected chi connectivity index (χ3v) is 3.53. The first kappa shape index (κ1) is 14.9. The summed E-state index contributed by atoms with van der Waals surface area (Å²) in [4.78, 5) is 29.0. The van der Waals surface area contributed by atoms with E-state index in [0.29, 0.717) is 11.9 Å². The predicted molar refractivity (Wildman–Crippen MR) is 87.1 cm³/mol. The van der Waals surface area contributed by atoms with Crippen molar-refractivity contribution in [3.05, 3.63) is 70.3 Å². The summed E-state index contributed by atoms with van der Waals surface area (Å²) < 4.78 is 1.66. The summed E-state index contributed by atoms with van der Waals surface area (Å²) in [6, 6.07) is 12.6. The van der Waals surface area contributed by atoms with Crippen LogP contribution in [0.4, 0.5) is 0 Å². The second kappa shape index (κ2) is 6.39. The minimum atomic E-state index is -0.492. The van der Waals surface area contributed by atoms with Crippen LogP contribution in [-0.4, -0.2) is 20.7 Å². The van der Waals surface area contributed by atoms with Crippen LogP contribution in [0.3, 0.4) is 0 Å². The first-order chi connectivity index (χ1) is 11.2. The smallest absolute Gasteiger partial charge is 0.276 e. The number of benzene rings is 1. The van der Waals surface area contributed by atoms with E-state index >= 15 is 0 Å². The standard InChI is InChI=1S/C17H16N4O2/c1-2-21-14-9-4-3-8-13(14)16(22)15(20-21)17(23)19-11-12-7-5-6-10-18-12/h3-10H,2,11H2,1H3,(H,19,23). The van der Waals surface area contributed by atoms with E-state index in [1.54, 1.807) is 35.1 Å². The average molecular weight is 308 g/mol. The highest BCUT2D eigenvalue weighted by Crippen LogP contribution is 2.09. The van der Waals surface area contributed by atoms with Gasteiger partial charge in [-0.3, -0.25) is 19.3 Å². The molecule has 0 saturated heterocycles. The first-order valence-corrected chi connectivity index (χ1v) is 7.38. The number of rotatable bonds is 4. The van der Waals surface area contributed by atoms with Crippen LogP contribution < -0.4 is 10.7 Å². The lowest BCUT2D eigenvalue weighted by Gasteiger charge is -2.10. The van der Waals surface area contributed by atoms with E-state index in [2.05, 4.69) is 15.4 Å². The molecule has 0 saturated carbocycles. The Morgan fingerprint density at radius 2 is 1.96 bits per heavy atom. The molecule has 0 aliphatic rings. The molecule has 3 rings (SSSR count). The van der Waals surface area contributed by atoms with Crippen LogP contribution >= 0.6 is 0 Å². The Morgan fingerprint density at radius 1 is 1.17 bits per heavy atom. The zero-order valence-corrected chi connectivity index (χ0v) is 12.7. The molecule has 2 aromatic heterocycles. The summed E-state index contributed by atoms with van der Waals surface area (Å²) >= 11 is 0. The van der Waals surface area contributed by atoms with Gasteiger partial charge < -0.3 is 5.32 Å². The molecular weight excluding hydrogens is 292 g/mol. The normalized spacial score (nSPS) is 10.7. The predicted octanol–water partition coefficient (Wildman–Crippen LogP) is 1.74. The Balaban J connectivity index is 1.94. The maximum atomic E-state index is 12.5. The van der Waals surface area contributed by atoms with Crippen LogP contribution in [0.1, 0.15) is 23.1 Å². The van der Waals surface area contributed by atoms with Crippen LogP contribution in [0.15, 0.2) is 53.5 Å². The molecule has 6 nitrogen and oxygen atoms in total. The van der Waals surface area contributed by atoms with E-state index < -0.39 is 5.91 Å². The van der Waals surface area contributed by atoms with E-state index in [9.17, 15) is 9.59 Å². The summed E-state index contributed by atoms with van der Waals surface area (Å²) in [5.74, 6) is -0.492. The van der Waals surface area contributed by atoms with Gasteiger partial charge in [-0.05, 0) is 31.2 Å². The molecule has 0 spiro atoms. The zero-order chi connectivity index (χ0) is 16.2. The van der Waals surface area contributed by atoms with Crippen molar-refractivity contribution in [3.63, 3.8) is 0 Å². The van der Waals surface area contributed by atoms with Gasteiger partial charge in [0, 0.05) is 18.1 Å². The van der Waals surface area contributed by atoms with Gasteiger partial charge in [-0.1, -0.05) is 18.2 Å². The highest BCUT2D eigenvalue weighted by atomic mass is 16.2. The van der Waals surface area contributed by atoms with Gasteiger partial charge in [-0.15, -0.1) is 0 Å². The molecule has 1 aromatic carbocycles. The van der Waals surface area contributed by atoms with Crippen molar-refractivity contribution in [2.45, 2.75) is 20.0 Å². The van der Waals surface area contributed by atoms with Gasteiger partial charge in [0.1, 0.15) is 0 Å². The summed E-state index contributed by atoms with van der Waals surface area (Å²) in [6.45, 7) is 2.74. The Hall–Kier alpha value is -3.02. The molecule has 1 N–H and O–H groups in total. The minimum absolute atomic E-state index is 0.0959. The van der Waals surface area contributed by atoms with Crippen molar-refractivity contribution in [1.29, 1.82) is 0 Å². The molecule has 0 aliphatic carbocycles. The zero-order valence-electron chi connectivity index (χ0n) is 12.7. The average Bonchev–Trinajstić information content (AvgIpc) is 2.61. The fourth-order valence-corrected chi connectivity index (χ4v) is 2.39. The Morgan fingerprint density at radius 3 is 2.70 bits per heavy atom. The molecule has 6 heteroatoms. The van der Waals surface area contributed by atoms with Crippen molar-refractivity contribution >= 4 is 16.8 Å². The molecule has 3 aromatic rings. The lowest BCUT2D eigenvalue weighted by molar-refractivity contribution is 0.0942. The number of aromatic nitrogens is 3. The molecule has 0 fully saturated rings. The largest absolute Gasteiger partial charge is 0.345 e. The van der Waals surface area contributed by atoms with Crippen molar-refractivity contribution in [3.8, 4) is 0 Å². The van der Waals surface area contributed by atoms with Gasteiger partial charge in [-0.25, -0.2) is 0 Å². The third-order valence-electron chi connectivity index (χ3n) is 3.53. The Kier molecular flexibility index (Phi) is 4.14. The number of para-hydroxylation sites is 1. The maximum absolute atomic E-state index is 12.5. The molecule has 2 heterocycles. The highest BCUT2D eigenvalue weighted by molar-refractivity contribution is 5.95. The second-order valence-corrected chi connectivity index (χ2v) is 5.01. The van der Waals surface area contributed by atoms with Crippen molar-refractivity contribution in [2.24, 2.45) is 0 Å². The summed E-state index contributed by atoms with van der Waals surface area (Å²) in [7, 11) is 0. The number of amides is 1. The molecular formula is C17H16N4O2. The fourth-order valence-electron chi connectivity index (χ4n) is 2.39. The lowest BCUT2D eigenvalue weighted by atomic mass is 10.2. The van der Waals surface area contributed by atoms with Gasteiger partial charge in [0.25, 0.3) is 5.91 Å². The second-order valence-electron chi connectivity index (χ2n) is 5.01. The fraction of sp³-hybridized carbons (Fsp3) is 0.176. The van der Waals surface area contributed by atoms with Crippen LogP contribution in [0, 0.1) is 0 Å². The molecule has 23 heavy (non-hydrogen) atoms. The maximum Gasteiger partial charge on any atom is 0.276 e. The molecule has 0 atom stereocenters. The third kappa shape index (κ3) is 2.96. The number of hydrogen-bond donors (Lipinski definition) is 1. The van der Waals surface area contributed by atoms with E-state index in [0.717, 1.165) is 11.2 Å². The van der Waals surface area contributed by atoms with Crippen LogP contribution in [-0.2, 0) is 13.1 Å². The SMILES string of the molecule is CCn1nc(C(=O)NCc2ccccn2)c(=O)c2ccccc21. The van der Waals surface area contributed by atoms with Crippen LogP contribution in [0.25, 0.3) is 10.9 Å². The first-order valence-electron chi connectivity index (χ1n) is 7.38. The number of carbonyl (C=O) groups excluding carboxylic acids is 1. The summed E-state index contributed by atoms with van der Waals surface area (Å²) in [5, 5.41) is 7.39. The molecule has 0 aliphatic heterocycles. The minimum Gasteiger partial charge on any atom is -0.345 e.